The molecule has 2 aliphatic rings. The van der Waals surface area contributed by atoms with E-state index in [1.54, 1.807) is 35.0 Å². The van der Waals surface area contributed by atoms with Crippen LogP contribution in [-0.4, -0.2) is 62.7 Å². The second kappa shape index (κ2) is 6.35. The molecule has 3 rings (SSSR count). The van der Waals surface area contributed by atoms with E-state index < -0.39 is 15.4 Å². The molecule has 0 aliphatic carbocycles. The maximum absolute atomic E-state index is 13.0. The summed E-state index contributed by atoms with van der Waals surface area (Å²) >= 11 is 0. The van der Waals surface area contributed by atoms with E-state index in [0.717, 1.165) is 11.3 Å². The number of rotatable bonds is 2. The highest BCUT2D eigenvalue weighted by molar-refractivity contribution is 7.89. The number of benzene rings is 1. The van der Waals surface area contributed by atoms with E-state index in [0.29, 0.717) is 32.6 Å². The number of anilines is 1. The van der Waals surface area contributed by atoms with Gasteiger partial charge in [0.25, 0.3) is 0 Å². The summed E-state index contributed by atoms with van der Waals surface area (Å²) in [5.74, 6) is -0.0104. The predicted molar refractivity (Wildman–Crippen MR) is 98.5 cm³/mol. The summed E-state index contributed by atoms with van der Waals surface area (Å²) in [6.45, 7) is 6.80. The summed E-state index contributed by atoms with van der Waals surface area (Å²) in [7, 11) is -1.92. The van der Waals surface area contributed by atoms with Gasteiger partial charge in [0, 0.05) is 57.7 Å². The van der Waals surface area contributed by atoms with Crippen LogP contribution in [0.1, 0.15) is 32.8 Å². The first-order valence-electron chi connectivity index (χ1n) is 8.71. The first kappa shape index (κ1) is 18.8. The Morgan fingerprint density at radius 2 is 1.73 bits per heavy atom. The minimum Gasteiger partial charge on any atom is -0.340 e. The van der Waals surface area contributed by atoms with Crippen molar-refractivity contribution in [1.29, 1.82) is 0 Å². The second-order valence-corrected chi connectivity index (χ2v) is 9.54. The van der Waals surface area contributed by atoms with Crippen molar-refractivity contribution < 1.29 is 18.0 Å². The molecule has 2 heterocycles. The Morgan fingerprint density at radius 1 is 1.12 bits per heavy atom. The second-order valence-electron chi connectivity index (χ2n) is 7.60. The molecule has 1 aromatic rings. The molecule has 7 nitrogen and oxygen atoms in total. The van der Waals surface area contributed by atoms with E-state index in [-0.39, 0.29) is 16.7 Å². The molecule has 0 saturated carbocycles. The summed E-state index contributed by atoms with van der Waals surface area (Å²) in [6.07, 6.45) is 0.345. The van der Waals surface area contributed by atoms with E-state index in [1.807, 2.05) is 13.8 Å². The van der Waals surface area contributed by atoms with Gasteiger partial charge in [-0.25, -0.2) is 8.42 Å². The Hall–Kier alpha value is -1.93. The molecule has 2 amide bonds. The van der Waals surface area contributed by atoms with E-state index in [9.17, 15) is 18.0 Å². The lowest BCUT2D eigenvalue weighted by Crippen LogP contribution is -2.50. The fourth-order valence-electron chi connectivity index (χ4n) is 3.63. The highest BCUT2D eigenvalue weighted by Crippen LogP contribution is 2.41. The normalized spacial score (nSPS) is 20.8. The van der Waals surface area contributed by atoms with E-state index in [1.165, 1.54) is 11.2 Å². The number of hydrogen-bond donors (Lipinski definition) is 0. The number of hydrogen-bond acceptors (Lipinski definition) is 4. The number of nitrogens with zero attached hydrogens (tertiary/aromatic N) is 3. The summed E-state index contributed by atoms with van der Waals surface area (Å²) in [5, 5.41) is 0. The van der Waals surface area contributed by atoms with Crippen LogP contribution < -0.4 is 4.90 Å². The maximum atomic E-state index is 13.0. The zero-order valence-corrected chi connectivity index (χ0v) is 16.5. The fraction of sp³-hybridized carbons (Fsp3) is 0.556. The monoisotopic (exact) mass is 379 g/mol. The van der Waals surface area contributed by atoms with Gasteiger partial charge in [-0.15, -0.1) is 0 Å². The first-order chi connectivity index (χ1) is 12.0. The van der Waals surface area contributed by atoms with E-state index >= 15 is 0 Å². The standard InChI is InChI=1S/C18H25N3O4S/c1-13(22)20-7-9-21(10-8-20)26(24,25)14-5-6-16-15(11-14)18(2,3)12-17(23)19(16)4/h5-6,11H,7-10,12H2,1-4H3. The Labute approximate surface area is 154 Å². The molecular formula is C18H25N3O4S. The average Bonchev–Trinajstić information content (AvgIpc) is 2.59. The minimum atomic E-state index is -3.63. The van der Waals surface area contributed by atoms with Crippen LogP contribution in [0.5, 0.6) is 0 Å². The topological polar surface area (TPSA) is 78.0 Å². The zero-order chi connectivity index (χ0) is 19.3. The van der Waals surface area contributed by atoms with Crippen molar-refractivity contribution in [3.63, 3.8) is 0 Å². The molecule has 1 saturated heterocycles. The third-order valence-electron chi connectivity index (χ3n) is 5.35. The lowest BCUT2D eigenvalue weighted by molar-refractivity contribution is -0.130. The predicted octanol–water partition coefficient (Wildman–Crippen LogP) is 1.18. The molecule has 0 spiro atoms. The largest absolute Gasteiger partial charge is 0.340 e. The third kappa shape index (κ3) is 3.12. The van der Waals surface area contributed by atoms with Crippen molar-refractivity contribution in [3.05, 3.63) is 23.8 Å². The molecule has 2 aliphatic heterocycles. The van der Waals surface area contributed by atoms with Crippen molar-refractivity contribution in [2.24, 2.45) is 0 Å². The highest BCUT2D eigenvalue weighted by atomic mass is 32.2. The van der Waals surface area contributed by atoms with Crippen molar-refractivity contribution in [2.75, 3.05) is 38.1 Å². The Morgan fingerprint density at radius 3 is 2.31 bits per heavy atom. The molecular weight excluding hydrogens is 354 g/mol. The van der Waals surface area contributed by atoms with Crippen molar-refractivity contribution in [1.82, 2.24) is 9.21 Å². The van der Waals surface area contributed by atoms with Crippen LogP contribution in [0.3, 0.4) is 0 Å². The molecule has 1 fully saturated rings. The van der Waals surface area contributed by atoms with Crippen molar-refractivity contribution >= 4 is 27.5 Å². The number of amides is 2. The Balaban J connectivity index is 1.93. The van der Waals surface area contributed by atoms with Crippen LogP contribution in [0.4, 0.5) is 5.69 Å². The summed E-state index contributed by atoms with van der Waals surface area (Å²) in [5.41, 5.74) is 1.20. The average molecular weight is 379 g/mol. The molecule has 8 heteroatoms. The van der Waals surface area contributed by atoms with Crippen LogP contribution in [0.25, 0.3) is 0 Å². The Kier molecular flexibility index (Phi) is 4.60. The van der Waals surface area contributed by atoms with Gasteiger partial charge in [-0.1, -0.05) is 13.8 Å². The van der Waals surface area contributed by atoms with Gasteiger partial charge in [-0.3, -0.25) is 9.59 Å². The van der Waals surface area contributed by atoms with Crippen LogP contribution in [0.15, 0.2) is 23.1 Å². The van der Waals surface area contributed by atoms with Crippen molar-refractivity contribution in [3.8, 4) is 0 Å². The first-order valence-corrected chi connectivity index (χ1v) is 10.1. The van der Waals surface area contributed by atoms with E-state index in [2.05, 4.69) is 0 Å². The number of carbonyl (C=O) groups excluding carboxylic acids is 2. The minimum absolute atomic E-state index is 0.0264. The molecule has 0 radical (unpaired) electrons. The number of sulfonamides is 1. The van der Waals surface area contributed by atoms with Gasteiger partial charge in [0.2, 0.25) is 21.8 Å². The van der Waals surface area contributed by atoms with Gasteiger partial charge in [0.15, 0.2) is 0 Å². The lowest BCUT2D eigenvalue weighted by atomic mass is 9.77. The van der Waals surface area contributed by atoms with Gasteiger partial charge < -0.3 is 9.80 Å². The van der Waals surface area contributed by atoms with Crippen LogP contribution in [0, 0.1) is 0 Å². The summed E-state index contributed by atoms with van der Waals surface area (Å²) in [4.78, 5) is 27.1. The summed E-state index contributed by atoms with van der Waals surface area (Å²) < 4.78 is 27.5. The molecule has 0 unspecified atom stereocenters. The number of carbonyl (C=O) groups is 2. The number of fused-ring (bicyclic) bond motifs is 1. The van der Waals surface area contributed by atoms with Crippen LogP contribution in [-0.2, 0) is 25.0 Å². The van der Waals surface area contributed by atoms with Crippen molar-refractivity contribution in [2.45, 2.75) is 37.5 Å². The van der Waals surface area contributed by atoms with Gasteiger partial charge in [0.05, 0.1) is 4.90 Å². The molecule has 0 bridgehead atoms. The Bertz CT molecular complexity index is 855. The third-order valence-corrected chi connectivity index (χ3v) is 7.24. The quantitative estimate of drug-likeness (QED) is 0.773. The molecule has 0 aromatic heterocycles. The van der Waals surface area contributed by atoms with Gasteiger partial charge in [-0.2, -0.15) is 4.31 Å². The number of piperazine rings is 1. The lowest BCUT2D eigenvalue weighted by Gasteiger charge is -2.37. The molecule has 1 aromatic carbocycles. The molecule has 0 atom stereocenters. The molecule has 0 N–H and O–H groups in total. The van der Waals surface area contributed by atoms with Gasteiger partial charge in [-0.05, 0) is 23.8 Å². The molecule has 142 valence electrons. The maximum Gasteiger partial charge on any atom is 0.243 e. The summed E-state index contributed by atoms with van der Waals surface area (Å²) in [6, 6.07) is 4.98. The van der Waals surface area contributed by atoms with Gasteiger partial charge >= 0.3 is 0 Å². The van der Waals surface area contributed by atoms with Crippen LogP contribution in [0.2, 0.25) is 0 Å². The fourth-order valence-corrected chi connectivity index (χ4v) is 5.08. The highest BCUT2D eigenvalue weighted by Gasteiger charge is 2.37. The zero-order valence-electron chi connectivity index (χ0n) is 15.7. The smallest absolute Gasteiger partial charge is 0.243 e. The SMILES string of the molecule is CC(=O)N1CCN(S(=O)(=O)c2ccc3c(c2)C(C)(C)CC(=O)N3C)CC1. The van der Waals surface area contributed by atoms with Gasteiger partial charge in [0.1, 0.15) is 0 Å². The van der Waals surface area contributed by atoms with Crippen LogP contribution >= 0.6 is 0 Å². The van der Waals surface area contributed by atoms with E-state index in [4.69, 9.17) is 0 Å². The molecule has 26 heavy (non-hydrogen) atoms.